The van der Waals surface area contributed by atoms with Gasteiger partial charge in [-0.15, -0.1) is 0 Å². The first-order valence-corrected chi connectivity index (χ1v) is 6.87. The van der Waals surface area contributed by atoms with Crippen molar-refractivity contribution in [3.8, 4) is 5.75 Å². The third-order valence-corrected chi connectivity index (χ3v) is 4.44. The Morgan fingerprint density at radius 1 is 1.56 bits per heavy atom. The summed E-state index contributed by atoms with van der Waals surface area (Å²) < 4.78 is 5.01. The molecule has 1 saturated heterocycles. The SMILES string of the molecule is COc1ccc(NC2CCSC2C)c([N+](=O)[O-])c1. The van der Waals surface area contributed by atoms with Crippen molar-refractivity contribution in [2.75, 3.05) is 18.2 Å². The van der Waals surface area contributed by atoms with Crippen LogP contribution in [0.1, 0.15) is 13.3 Å². The monoisotopic (exact) mass is 268 g/mol. The highest BCUT2D eigenvalue weighted by Gasteiger charge is 2.26. The van der Waals surface area contributed by atoms with E-state index in [4.69, 9.17) is 4.74 Å². The van der Waals surface area contributed by atoms with Crippen LogP contribution in [-0.4, -0.2) is 29.1 Å². The van der Waals surface area contributed by atoms with Crippen LogP contribution >= 0.6 is 11.8 Å². The average Bonchev–Trinajstić information content (AvgIpc) is 2.75. The number of thioether (sulfide) groups is 1. The summed E-state index contributed by atoms with van der Waals surface area (Å²) in [5.41, 5.74) is 0.638. The van der Waals surface area contributed by atoms with Gasteiger partial charge in [0.2, 0.25) is 0 Å². The van der Waals surface area contributed by atoms with Crippen LogP contribution in [0, 0.1) is 10.1 Å². The van der Waals surface area contributed by atoms with Gasteiger partial charge in [-0.3, -0.25) is 10.1 Å². The second kappa shape index (κ2) is 5.48. The molecule has 0 saturated carbocycles. The predicted molar refractivity (Wildman–Crippen MR) is 73.6 cm³/mol. The molecule has 2 unspecified atom stereocenters. The second-order valence-electron chi connectivity index (χ2n) is 4.26. The molecule has 1 N–H and O–H groups in total. The van der Waals surface area contributed by atoms with E-state index in [9.17, 15) is 10.1 Å². The van der Waals surface area contributed by atoms with Crippen LogP contribution in [0.3, 0.4) is 0 Å². The summed E-state index contributed by atoms with van der Waals surface area (Å²) in [6.07, 6.45) is 1.04. The molecule has 0 spiro atoms. The molecule has 1 aliphatic rings. The molecule has 18 heavy (non-hydrogen) atoms. The molecule has 1 fully saturated rings. The summed E-state index contributed by atoms with van der Waals surface area (Å²) >= 11 is 1.89. The van der Waals surface area contributed by atoms with E-state index in [1.807, 2.05) is 11.8 Å². The van der Waals surface area contributed by atoms with Crippen molar-refractivity contribution in [3.63, 3.8) is 0 Å². The van der Waals surface area contributed by atoms with Gasteiger partial charge in [0.1, 0.15) is 11.4 Å². The predicted octanol–water partition coefficient (Wildman–Crippen LogP) is 2.91. The van der Waals surface area contributed by atoms with E-state index in [1.165, 1.54) is 13.2 Å². The molecule has 0 aromatic heterocycles. The number of hydrogen-bond acceptors (Lipinski definition) is 5. The molecule has 0 bridgehead atoms. The van der Waals surface area contributed by atoms with E-state index >= 15 is 0 Å². The summed E-state index contributed by atoms with van der Waals surface area (Å²) in [5, 5.41) is 14.8. The lowest BCUT2D eigenvalue weighted by Gasteiger charge is -2.18. The van der Waals surface area contributed by atoms with Gasteiger partial charge < -0.3 is 10.1 Å². The van der Waals surface area contributed by atoms with E-state index in [1.54, 1.807) is 12.1 Å². The topological polar surface area (TPSA) is 64.4 Å². The van der Waals surface area contributed by atoms with Crippen LogP contribution in [0.4, 0.5) is 11.4 Å². The van der Waals surface area contributed by atoms with Crippen LogP contribution in [0.15, 0.2) is 18.2 Å². The van der Waals surface area contributed by atoms with Crippen molar-refractivity contribution in [1.29, 1.82) is 0 Å². The van der Waals surface area contributed by atoms with Gasteiger partial charge in [0.15, 0.2) is 0 Å². The minimum absolute atomic E-state index is 0.0680. The Morgan fingerprint density at radius 3 is 2.89 bits per heavy atom. The maximum atomic E-state index is 11.1. The van der Waals surface area contributed by atoms with Crippen molar-refractivity contribution >= 4 is 23.1 Å². The Bertz CT molecular complexity index is 453. The smallest absolute Gasteiger partial charge is 0.296 e. The minimum atomic E-state index is -0.377. The van der Waals surface area contributed by atoms with Gasteiger partial charge in [-0.05, 0) is 24.3 Å². The minimum Gasteiger partial charge on any atom is -0.496 e. The normalized spacial score (nSPS) is 22.8. The lowest BCUT2D eigenvalue weighted by atomic mass is 10.1. The molecule has 0 amide bonds. The quantitative estimate of drug-likeness (QED) is 0.672. The summed E-state index contributed by atoms with van der Waals surface area (Å²) in [6, 6.07) is 5.20. The number of ether oxygens (including phenoxy) is 1. The van der Waals surface area contributed by atoms with Crippen LogP contribution in [0.5, 0.6) is 5.75 Å². The van der Waals surface area contributed by atoms with Gasteiger partial charge in [0.05, 0.1) is 18.1 Å². The molecule has 2 rings (SSSR count). The number of rotatable bonds is 4. The lowest BCUT2D eigenvalue weighted by molar-refractivity contribution is -0.384. The van der Waals surface area contributed by atoms with Crippen LogP contribution < -0.4 is 10.1 Å². The Balaban J connectivity index is 2.23. The van der Waals surface area contributed by atoms with E-state index in [0.717, 1.165) is 12.2 Å². The third-order valence-electron chi connectivity index (χ3n) is 3.12. The summed E-state index contributed by atoms with van der Waals surface area (Å²) in [4.78, 5) is 10.7. The fraction of sp³-hybridized carbons (Fsp3) is 0.500. The Morgan fingerprint density at radius 2 is 2.33 bits per heavy atom. The van der Waals surface area contributed by atoms with Gasteiger partial charge >= 0.3 is 0 Å². The van der Waals surface area contributed by atoms with E-state index < -0.39 is 0 Å². The van der Waals surface area contributed by atoms with Crippen molar-refractivity contribution in [2.24, 2.45) is 0 Å². The summed E-state index contributed by atoms with van der Waals surface area (Å²) in [5.74, 6) is 1.60. The Hall–Kier alpha value is -1.43. The molecular weight excluding hydrogens is 252 g/mol. The number of anilines is 1. The fourth-order valence-electron chi connectivity index (χ4n) is 2.03. The second-order valence-corrected chi connectivity index (χ2v) is 5.74. The summed E-state index contributed by atoms with van der Waals surface area (Å²) in [6.45, 7) is 2.14. The molecule has 5 nitrogen and oxygen atoms in total. The van der Waals surface area contributed by atoms with Gasteiger partial charge in [0.25, 0.3) is 5.69 Å². The number of hydrogen-bond donors (Lipinski definition) is 1. The fourth-order valence-corrected chi connectivity index (χ4v) is 3.23. The molecule has 0 aliphatic carbocycles. The molecule has 0 radical (unpaired) electrons. The summed E-state index contributed by atoms with van der Waals surface area (Å²) in [7, 11) is 1.50. The first-order valence-electron chi connectivity index (χ1n) is 5.82. The molecule has 1 aliphatic heterocycles. The zero-order valence-electron chi connectivity index (χ0n) is 10.4. The molecule has 1 heterocycles. The number of methoxy groups -OCH3 is 1. The van der Waals surface area contributed by atoms with Crippen LogP contribution in [0.2, 0.25) is 0 Å². The van der Waals surface area contributed by atoms with Crippen molar-refractivity contribution < 1.29 is 9.66 Å². The molecule has 98 valence electrons. The number of nitro benzene ring substituents is 1. The highest BCUT2D eigenvalue weighted by molar-refractivity contribution is 8.00. The Kier molecular flexibility index (Phi) is 3.96. The van der Waals surface area contributed by atoms with E-state index in [2.05, 4.69) is 12.2 Å². The van der Waals surface area contributed by atoms with E-state index in [-0.39, 0.29) is 10.6 Å². The maximum Gasteiger partial charge on any atom is 0.296 e. The highest BCUT2D eigenvalue weighted by atomic mass is 32.2. The van der Waals surface area contributed by atoms with Crippen molar-refractivity contribution in [3.05, 3.63) is 28.3 Å². The number of benzene rings is 1. The molecule has 1 aromatic carbocycles. The number of nitrogens with one attached hydrogen (secondary N) is 1. The number of nitrogens with zero attached hydrogens (tertiary/aromatic N) is 1. The third kappa shape index (κ3) is 2.69. The van der Waals surface area contributed by atoms with Crippen molar-refractivity contribution in [1.82, 2.24) is 0 Å². The molecule has 1 aromatic rings. The zero-order valence-corrected chi connectivity index (χ0v) is 11.2. The van der Waals surface area contributed by atoms with Gasteiger partial charge in [-0.25, -0.2) is 0 Å². The largest absolute Gasteiger partial charge is 0.496 e. The average molecular weight is 268 g/mol. The van der Waals surface area contributed by atoms with Crippen molar-refractivity contribution in [2.45, 2.75) is 24.6 Å². The maximum absolute atomic E-state index is 11.1. The van der Waals surface area contributed by atoms with Crippen LogP contribution in [-0.2, 0) is 0 Å². The van der Waals surface area contributed by atoms with Gasteiger partial charge in [-0.1, -0.05) is 6.92 Å². The highest BCUT2D eigenvalue weighted by Crippen LogP contribution is 2.34. The Labute approximate surface area is 110 Å². The van der Waals surface area contributed by atoms with Crippen LogP contribution in [0.25, 0.3) is 0 Å². The number of nitro groups is 1. The molecular formula is C12H16N2O3S. The zero-order chi connectivity index (χ0) is 13.1. The van der Waals surface area contributed by atoms with Gasteiger partial charge in [-0.2, -0.15) is 11.8 Å². The standard InChI is InChI=1S/C12H16N2O3S/c1-8-10(5-6-18-8)13-11-4-3-9(17-2)7-12(11)14(15)16/h3-4,7-8,10,13H,5-6H2,1-2H3. The van der Waals surface area contributed by atoms with E-state index in [0.29, 0.717) is 22.7 Å². The first kappa shape index (κ1) is 13.0. The lowest BCUT2D eigenvalue weighted by Crippen LogP contribution is -2.25. The molecule has 6 heteroatoms. The first-order chi connectivity index (χ1) is 8.61. The van der Waals surface area contributed by atoms with Gasteiger partial charge in [0, 0.05) is 11.3 Å². The molecule has 2 atom stereocenters.